The zero-order chi connectivity index (χ0) is 19.4. The smallest absolute Gasteiger partial charge is 0.270 e. The van der Waals surface area contributed by atoms with Crippen LogP contribution in [-0.2, 0) is 4.79 Å². The lowest BCUT2D eigenvalue weighted by Crippen LogP contribution is -2.15. The second-order valence-electron chi connectivity index (χ2n) is 6.03. The zero-order valence-corrected chi connectivity index (χ0v) is 15.9. The molecule has 0 aliphatic rings. The number of nitro benzene ring substituents is 1. The van der Waals surface area contributed by atoms with E-state index in [-0.39, 0.29) is 28.6 Å². The van der Waals surface area contributed by atoms with Gasteiger partial charge in [0, 0.05) is 17.0 Å². The summed E-state index contributed by atoms with van der Waals surface area (Å²) in [5.74, 6) is -0.0785. The highest BCUT2D eigenvalue weighted by Gasteiger charge is 2.14. The van der Waals surface area contributed by atoms with Gasteiger partial charge in [-0.3, -0.25) is 14.9 Å². The third-order valence-electron chi connectivity index (χ3n) is 4.25. The fourth-order valence-corrected chi connectivity index (χ4v) is 3.67. The van der Waals surface area contributed by atoms with Gasteiger partial charge in [-0.05, 0) is 56.0 Å². The lowest BCUT2D eigenvalue weighted by atomic mass is 10.0. The van der Waals surface area contributed by atoms with Crippen LogP contribution >= 0.6 is 11.8 Å². The van der Waals surface area contributed by atoms with E-state index in [4.69, 9.17) is 5.26 Å². The lowest BCUT2D eigenvalue weighted by molar-refractivity contribution is -0.384. The van der Waals surface area contributed by atoms with Crippen molar-refractivity contribution in [1.82, 2.24) is 0 Å². The predicted octanol–water partition coefficient (Wildman–Crippen LogP) is 4.43. The molecular formula is C19H19N3O3S. The van der Waals surface area contributed by atoms with E-state index in [1.807, 2.05) is 33.8 Å². The molecule has 2 aromatic rings. The Hall–Kier alpha value is -2.85. The number of anilines is 1. The van der Waals surface area contributed by atoms with Crippen molar-refractivity contribution in [1.29, 1.82) is 5.26 Å². The van der Waals surface area contributed by atoms with Crippen LogP contribution in [0.2, 0.25) is 0 Å². The van der Waals surface area contributed by atoms with E-state index in [0.717, 1.165) is 22.1 Å². The Morgan fingerprint density at radius 3 is 2.35 bits per heavy atom. The summed E-state index contributed by atoms with van der Waals surface area (Å²) in [4.78, 5) is 23.6. The summed E-state index contributed by atoms with van der Waals surface area (Å²) in [5.41, 5.74) is 4.82. The maximum Gasteiger partial charge on any atom is 0.270 e. The molecule has 0 unspecified atom stereocenters. The highest BCUT2D eigenvalue weighted by atomic mass is 32.2. The van der Waals surface area contributed by atoms with Crippen molar-refractivity contribution in [2.75, 3.05) is 11.1 Å². The number of nitrogens with zero attached hydrogens (tertiary/aromatic N) is 2. The van der Waals surface area contributed by atoms with Crippen molar-refractivity contribution in [3.63, 3.8) is 0 Å². The summed E-state index contributed by atoms with van der Waals surface area (Å²) in [7, 11) is 0. The molecule has 0 saturated carbocycles. The number of nitrogens with one attached hydrogen (secondary N) is 1. The average molecular weight is 369 g/mol. The topological polar surface area (TPSA) is 96.0 Å². The first kappa shape index (κ1) is 19.5. The van der Waals surface area contributed by atoms with Gasteiger partial charge in [0.1, 0.15) is 6.07 Å². The molecule has 134 valence electrons. The molecule has 0 radical (unpaired) electrons. The van der Waals surface area contributed by atoms with Crippen LogP contribution in [-0.4, -0.2) is 16.6 Å². The van der Waals surface area contributed by atoms with E-state index < -0.39 is 4.92 Å². The third-order valence-corrected chi connectivity index (χ3v) is 5.56. The number of thioether (sulfide) groups is 1. The molecule has 0 bridgehead atoms. The molecule has 0 aromatic heterocycles. The molecule has 0 spiro atoms. The van der Waals surface area contributed by atoms with Gasteiger partial charge in [0.2, 0.25) is 5.91 Å². The van der Waals surface area contributed by atoms with Crippen LogP contribution in [0, 0.1) is 49.1 Å². The number of carbonyl (C=O) groups excluding carboxylic acids is 1. The normalized spacial score (nSPS) is 10.3. The van der Waals surface area contributed by atoms with Crippen LogP contribution < -0.4 is 5.32 Å². The number of benzene rings is 2. The zero-order valence-electron chi connectivity index (χ0n) is 15.0. The Morgan fingerprint density at radius 1 is 1.19 bits per heavy atom. The van der Waals surface area contributed by atoms with Crippen LogP contribution in [0.3, 0.4) is 0 Å². The molecule has 0 aliphatic heterocycles. The van der Waals surface area contributed by atoms with Crippen molar-refractivity contribution in [3.05, 3.63) is 62.2 Å². The van der Waals surface area contributed by atoms with E-state index in [2.05, 4.69) is 11.4 Å². The number of amides is 1. The summed E-state index contributed by atoms with van der Waals surface area (Å²) in [6, 6.07) is 7.81. The molecule has 6 nitrogen and oxygen atoms in total. The van der Waals surface area contributed by atoms with Gasteiger partial charge in [-0.15, -0.1) is 11.8 Å². The van der Waals surface area contributed by atoms with Gasteiger partial charge in [0.15, 0.2) is 0 Å². The fourth-order valence-electron chi connectivity index (χ4n) is 2.57. The van der Waals surface area contributed by atoms with Crippen LogP contribution in [0.15, 0.2) is 29.2 Å². The SMILES string of the molecule is Cc1cc(C)c(C)c(SCC(=O)Nc2ccc([N+](=O)[O-])cc2C#N)c1C. The number of aryl methyl sites for hydroxylation is 2. The van der Waals surface area contributed by atoms with Crippen LogP contribution in [0.5, 0.6) is 0 Å². The summed E-state index contributed by atoms with van der Waals surface area (Å²) >= 11 is 1.45. The first-order valence-electron chi connectivity index (χ1n) is 7.93. The van der Waals surface area contributed by atoms with E-state index in [9.17, 15) is 14.9 Å². The van der Waals surface area contributed by atoms with E-state index in [1.54, 1.807) is 0 Å². The number of nitriles is 1. The monoisotopic (exact) mass is 369 g/mol. The van der Waals surface area contributed by atoms with E-state index in [1.165, 1.54) is 35.0 Å². The van der Waals surface area contributed by atoms with Gasteiger partial charge in [-0.1, -0.05) is 6.07 Å². The second-order valence-corrected chi connectivity index (χ2v) is 7.01. The van der Waals surface area contributed by atoms with Gasteiger partial charge >= 0.3 is 0 Å². The third kappa shape index (κ3) is 4.21. The number of hydrogen-bond acceptors (Lipinski definition) is 5. The number of hydrogen-bond donors (Lipinski definition) is 1. The summed E-state index contributed by atoms with van der Waals surface area (Å²) < 4.78 is 0. The van der Waals surface area contributed by atoms with Gasteiger partial charge in [-0.2, -0.15) is 5.26 Å². The van der Waals surface area contributed by atoms with Gasteiger partial charge in [0.25, 0.3) is 5.69 Å². The lowest BCUT2D eigenvalue weighted by Gasteiger charge is -2.14. The average Bonchev–Trinajstić information content (AvgIpc) is 2.60. The molecule has 0 fully saturated rings. The summed E-state index contributed by atoms with van der Waals surface area (Å²) in [6.45, 7) is 8.15. The summed E-state index contributed by atoms with van der Waals surface area (Å²) in [6.07, 6.45) is 0. The van der Waals surface area contributed by atoms with Crippen molar-refractivity contribution in [2.24, 2.45) is 0 Å². The molecule has 1 amide bonds. The summed E-state index contributed by atoms with van der Waals surface area (Å²) in [5, 5.41) is 22.6. The number of non-ortho nitro benzene ring substituents is 1. The van der Waals surface area contributed by atoms with Crippen molar-refractivity contribution in [3.8, 4) is 6.07 Å². The first-order valence-corrected chi connectivity index (χ1v) is 8.91. The maximum atomic E-state index is 12.3. The number of carbonyl (C=O) groups is 1. The molecular weight excluding hydrogens is 350 g/mol. The van der Waals surface area contributed by atoms with E-state index in [0.29, 0.717) is 0 Å². The predicted molar refractivity (Wildman–Crippen MR) is 103 cm³/mol. The van der Waals surface area contributed by atoms with Crippen LogP contribution in [0.4, 0.5) is 11.4 Å². The molecule has 26 heavy (non-hydrogen) atoms. The molecule has 1 N–H and O–H groups in total. The Labute approximate surface area is 156 Å². The van der Waals surface area contributed by atoms with Crippen molar-refractivity contribution < 1.29 is 9.72 Å². The van der Waals surface area contributed by atoms with Crippen LogP contribution in [0.25, 0.3) is 0 Å². The quantitative estimate of drug-likeness (QED) is 0.478. The van der Waals surface area contributed by atoms with Crippen molar-refractivity contribution in [2.45, 2.75) is 32.6 Å². The highest BCUT2D eigenvalue weighted by molar-refractivity contribution is 8.00. The van der Waals surface area contributed by atoms with E-state index >= 15 is 0 Å². The minimum atomic E-state index is -0.575. The molecule has 0 heterocycles. The Kier molecular flexibility index (Phi) is 6.01. The molecule has 7 heteroatoms. The second kappa shape index (κ2) is 8.02. The maximum absolute atomic E-state index is 12.3. The molecule has 0 aliphatic carbocycles. The van der Waals surface area contributed by atoms with Gasteiger partial charge < -0.3 is 5.32 Å². The van der Waals surface area contributed by atoms with Gasteiger partial charge in [0.05, 0.1) is 21.9 Å². The highest BCUT2D eigenvalue weighted by Crippen LogP contribution is 2.31. The minimum Gasteiger partial charge on any atom is -0.324 e. The number of nitro groups is 1. The Balaban J connectivity index is 2.14. The van der Waals surface area contributed by atoms with Gasteiger partial charge in [-0.25, -0.2) is 0 Å². The first-order chi connectivity index (χ1) is 12.2. The molecule has 0 atom stereocenters. The largest absolute Gasteiger partial charge is 0.324 e. The van der Waals surface area contributed by atoms with Crippen LogP contribution in [0.1, 0.15) is 27.8 Å². The molecule has 2 aromatic carbocycles. The van der Waals surface area contributed by atoms with Crippen molar-refractivity contribution >= 4 is 29.0 Å². The number of rotatable bonds is 5. The minimum absolute atomic E-state index is 0.0660. The Morgan fingerprint density at radius 2 is 1.81 bits per heavy atom. The standard InChI is InChI=1S/C19H19N3O3S/c1-11-7-12(2)14(4)19(13(11)3)26-10-18(23)21-17-6-5-16(22(24)25)8-15(17)9-20/h5-8H,10H2,1-4H3,(H,21,23). The Bertz CT molecular complexity index is 906. The molecule has 2 rings (SSSR count). The molecule has 0 saturated heterocycles. The fraction of sp³-hybridized carbons (Fsp3) is 0.263.